The standard InChI is InChI=1S/C16H20BrNS/c1-10(2)16(18-4)15-9-8-14(19-15)12-6-5-7-13(17)11(12)3/h5-10,16,18H,1-4H3. The Labute approximate surface area is 128 Å². The van der Waals surface area contributed by atoms with Gasteiger partial charge in [-0.3, -0.25) is 0 Å². The second-order valence-electron chi connectivity index (χ2n) is 5.12. The molecule has 2 aromatic rings. The third kappa shape index (κ3) is 3.10. The molecular weight excluding hydrogens is 318 g/mol. The molecule has 19 heavy (non-hydrogen) atoms. The summed E-state index contributed by atoms with van der Waals surface area (Å²) in [6, 6.07) is 11.3. The molecule has 0 amide bonds. The third-order valence-corrected chi connectivity index (χ3v) is 5.50. The Kier molecular flexibility index (Phi) is 4.82. The molecule has 102 valence electrons. The van der Waals surface area contributed by atoms with Crippen LogP contribution in [-0.4, -0.2) is 7.05 Å². The predicted octanol–water partition coefficient (Wildman–Crippen LogP) is 5.40. The highest BCUT2D eigenvalue weighted by molar-refractivity contribution is 9.10. The highest BCUT2D eigenvalue weighted by atomic mass is 79.9. The lowest BCUT2D eigenvalue weighted by molar-refractivity contribution is 0.449. The van der Waals surface area contributed by atoms with Crippen molar-refractivity contribution in [3.63, 3.8) is 0 Å². The van der Waals surface area contributed by atoms with Gasteiger partial charge in [-0.25, -0.2) is 0 Å². The first-order valence-electron chi connectivity index (χ1n) is 6.57. The summed E-state index contributed by atoms with van der Waals surface area (Å²) in [6.45, 7) is 6.67. The zero-order chi connectivity index (χ0) is 14.0. The minimum Gasteiger partial charge on any atom is -0.312 e. The van der Waals surface area contributed by atoms with Crippen LogP contribution in [0.15, 0.2) is 34.8 Å². The Morgan fingerprint density at radius 2 is 1.89 bits per heavy atom. The van der Waals surface area contributed by atoms with Crippen molar-refractivity contribution in [3.05, 3.63) is 45.2 Å². The van der Waals surface area contributed by atoms with E-state index in [1.807, 2.05) is 18.4 Å². The lowest BCUT2D eigenvalue weighted by Gasteiger charge is -2.18. The molecule has 1 nitrogen and oxygen atoms in total. The fraction of sp³-hybridized carbons (Fsp3) is 0.375. The summed E-state index contributed by atoms with van der Waals surface area (Å²) in [7, 11) is 2.04. The average molecular weight is 338 g/mol. The van der Waals surface area contributed by atoms with Crippen molar-refractivity contribution in [1.82, 2.24) is 5.32 Å². The van der Waals surface area contributed by atoms with E-state index in [-0.39, 0.29) is 0 Å². The SMILES string of the molecule is CNC(c1ccc(-c2cccc(Br)c2C)s1)C(C)C. The van der Waals surface area contributed by atoms with E-state index >= 15 is 0 Å². The van der Waals surface area contributed by atoms with Gasteiger partial charge in [-0.15, -0.1) is 11.3 Å². The first-order chi connectivity index (χ1) is 9.04. The van der Waals surface area contributed by atoms with Gasteiger partial charge in [-0.2, -0.15) is 0 Å². The second-order valence-corrected chi connectivity index (χ2v) is 7.09. The van der Waals surface area contributed by atoms with Gasteiger partial charge in [0, 0.05) is 20.3 Å². The fourth-order valence-corrected chi connectivity index (χ4v) is 4.08. The topological polar surface area (TPSA) is 12.0 Å². The minimum absolute atomic E-state index is 0.436. The van der Waals surface area contributed by atoms with Gasteiger partial charge in [0.2, 0.25) is 0 Å². The van der Waals surface area contributed by atoms with Crippen LogP contribution in [0.25, 0.3) is 10.4 Å². The maximum absolute atomic E-state index is 3.61. The summed E-state index contributed by atoms with van der Waals surface area (Å²) < 4.78 is 1.17. The van der Waals surface area contributed by atoms with Crippen LogP contribution in [0, 0.1) is 12.8 Å². The van der Waals surface area contributed by atoms with Crippen LogP contribution in [0.1, 0.15) is 30.3 Å². The van der Waals surface area contributed by atoms with Crippen molar-refractivity contribution < 1.29 is 0 Å². The van der Waals surface area contributed by atoms with Crippen LogP contribution in [0.3, 0.4) is 0 Å². The maximum Gasteiger partial charge on any atom is 0.0435 e. The summed E-state index contributed by atoms with van der Waals surface area (Å²) in [4.78, 5) is 2.75. The fourth-order valence-electron chi connectivity index (χ4n) is 2.34. The van der Waals surface area contributed by atoms with E-state index < -0.39 is 0 Å². The largest absolute Gasteiger partial charge is 0.312 e. The Bertz CT molecular complexity index is 560. The highest BCUT2D eigenvalue weighted by Gasteiger charge is 2.16. The molecule has 0 aliphatic rings. The van der Waals surface area contributed by atoms with Gasteiger partial charge >= 0.3 is 0 Å². The molecule has 0 bridgehead atoms. The van der Waals surface area contributed by atoms with Crippen LogP contribution in [0.4, 0.5) is 0 Å². The molecule has 0 aliphatic carbocycles. The summed E-state index contributed by atoms with van der Waals surface area (Å²) in [6.07, 6.45) is 0. The van der Waals surface area contributed by atoms with E-state index in [0.29, 0.717) is 12.0 Å². The quantitative estimate of drug-likeness (QED) is 0.787. The Balaban J connectivity index is 2.38. The molecule has 0 radical (unpaired) electrons. The van der Waals surface area contributed by atoms with Crippen LogP contribution >= 0.6 is 27.3 Å². The summed E-state index contributed by atoms with van der Waals surface area (Å²) in [5.74, 6) is 0.597. The molecule has 2 rings (SSSR count). The Hall–Kier alpha value is -0.640. The van der Waals surface area contributed by atoms with Crippen molar-refractivity contribution in [3.8, 4) is 10.4 Å². The Morgan fingerprint density at radius 3 is 2.53 bits per heavy atom. The highest BCUT2D eigenvalue weighted by Crippen LogP contribution is 2.36. The molecule has 0 spiro atoms. The van der Waals surface area contributed by atoms with E-state index in [4.69, 9.17) is 0 Å². The molecule has 1 unspecified atom stereocenters. The van der Waals surface area contributed by atoms with E-state index in [0.717, 1.165) is 0 Å². The summed E-state index contributed by atoms with van der Waals surface area (Å²) in [5.41, 5.74) is 2.63. The third-order valence-electron chi connectivity index (χ3n) is 3.44. The predicted molar refractivity (Wildman–Crippen MR) is 88.8 cm³/mol. The van der Waals surface area contributed by atoms with Crippen molar-refractivity contribution in [2.45, 2.75) is 26.8 Å². The molecule has 1 N–H and O–H groups in total. The van der Waals surface area contributed by atoms with Gasteiger partial charge in [0.1, 0.15) is 0 Å². The number of hydrogen-bond acceptors (Lipinski definition) is 2. The molecule has 0 saturated heterocycles. The van der Waals surface area contributed by atoms with Gasteiger partial charge in [-0.05, 0) is 49.2 Å². The molecule has 0 aliphatic heterocycles. The van der Waals surface area contributed by atoms with E-state index in [9.17, 15) is 0 Å². The molecule has 0 saturated carbocycles. The molecule has 0 fully saturated rings. The van der Waals surface area contributed by atoms with Crippen molar-refractivity contribution in [2.75, 3.05) is 7.05 Å². The van der Waals surface area contributed by atoms with Gasteiger partial charge < -0.3 is 5.32 Å². The van der Waals surface area contributed by atoms with Gasteiger partial charge in [-0.1, -0.05) is 41.9 Å². The molecule has 1 aromatic heterocycles. The lowest BCUT2D eigenvalue weighted by atomic mass is 10.0. The number of hydrogen-bond donors (Lipinski definition) is 1. The van der Waals surface area contributed by atoms with Crippen LogP contribution in [0.5, 0.6) is 0 Å². The lowest BCUT2D eigenvalue weighted by Crippen LogP contribution is -2.20. The smallest absolute Gasteiger partial charge is 0.0435 e. The molecule has 1 atom stereocenters. The number of nitrogens with one attached hydrogen (secondary N) is 1. The zero-order valence-electron chi connectivity index (χ0n) is 11.8. The molecule has 3 heteroatoms. The van der Waals surface area contributed by atoms with Gasteiger partial charge in [0.05, 0.1) is 0 Å². The van der Waals surface area contributed by atoms with Crippen LogP contribution in [0.2, 0.25) is 0 Å². The average Bonchev–Trinajstić information content (AvgIpc) is 2.82. The minimum atomic E-state index is 0.436. The molecule has 1 heterocycles. The van der Waals surface area contributed by atoms with Crippen LogP contribution < -0.4 is 5.32 Å². The second kappa shape index (κ2) is 6.21. The van der Waals surface area contributed by atoms with E-state index in [1.54, 1.807) is 0 Å². The molecular formula is C16H20BrNS. The van der Waals surface area contributed by atoms with Crippen molar-refractivity contribution in [2.24, 2.45) is 5.92 Å². The van der Waals surface area contributed by atoms with Crippen molar-refractivity contribution >= 4 is 27.3 Å². The zero-order valence-corrected chi connectivity index (χ0v) is 14.2. The first kappa shape index (κ1) is 14.8. The summed E-state index contributed by atoms with van der Waals surface area (Å²) >= 11 is 5.49. The number of benzene rings is 1. The summed E-state index contributed by atoms with van der Waals surface area (Å²) in [5, 5.41) is 3.41. The van der Waals surface area contributed by atoms with E-state index in [2.05, 4.69) is 72.3 Å². The van der Waals surface area contributed by atoms with Crippen molar-refractivity contribution in [1.29, 1.82) is 0 Å². The number of halogens is 1. The maximum atomic E-state index is 3.61. The van der Waals surface area contributed by atoms with E-state index in [1.165, 1.54) is 25.4 Å². The number of thiophene rings is 1. The normalized spacial score (nSPS) is 12.9. The molecule has 1 aromatic carbocycles. The van der Waals surface area contributed by atoms with Gasteiger partial charge in [0.25, 0.3) is 0 Å². The van der Waals surface area contributed by atoms with Gasteiger partial charge in [0.15, 0.2) is 0 Å². The van der Waals surface area contributed by atoms with Crippen LogP contribution in [-0.2, 0) is 0 Å². The number of rotatable bonds is 4. The monoisotopic (exact) mass is 337 g/mol. The first-order valence-corrected chi connectivity index (χ1v) is 8.18. The Morgan fingerprint density at radius 1 is 1.16 bits per heavy atom.